The Balaban J connectivity index is 1.76. The average Bonchev–Trinajstić information content (AvgIpc) is 3.16. The Kier molecular flexibility index (Phi) is 4.90. The van der Waals surface area contributed by atoms with Crippen molar-refractivity contribution in [2.75, 3.05) is 0 Å². The number of nitrogens with one attached hydrogen (secondary N) is 1. The molecule has 0 fully saturated rings. The van der Waals surface area contributed by atoms with Crippen molar-refractivity contribution < 1.29 is 22.4 Å². The molecule has 0 saturated carbocycles. The summed E-state index contributed by atoms with van der Waals surface area (Å²) < 4.78 is 54.6. The van der Waals surface area contributed by atoms with Gasteiger partial charge >= 0.3 is 6.18 Å². The minimum Gasteiger partial charge on any atom is -0.348 e. The molecule has 152 valence electrons. The van der Waals surface area contributed by atoms with Crippen molar-refractivity contribution in [3.05, 3.63) is 83.7 Å². The summed E-state index contributed by atoms with van der Waals surface area (Å²) in [6.07, 6.45) is -0.574. The van der Waals surface area contributed by atoms with E-state index < -0.39 is 23.6 Å². The van der Waals surface area contributed by atoms with E-state index in [1.807, 2.05) is 0 Å². The summed E-state index contributed by atoms with van der Waals surface area (Å²) in [7, 11) is 0. The Morgan fingerprint density at radius 3 is 2.53 bits per heavy atom. The van der Waals surface area contributed by atoms with Crippen molar-refractivity contribution in [2.45, 2.75) is 12.7 Å². The lowest BCUT2D eigenvalue weighted by molar-refractivity contribution is -0.142. The van der Waals surface area contributed by atoms with E-state index >= 15 is 0 Å². The number of carbonyl (C=O) groups excluding carboxylic acids is 1. The van der Waals surface area contributed by atoms with Crippen LogP contribution in [0.4, 0.5) is 17.6 Å². The maximum atomic E-state index is 13.6. The quantitative estimate of drug-likeness (QED) is 0.514. The van der Waals surface area contributed by atoms with E-state index in [-0.39, 0.29) is 29.0 Å². The Hall–Kier alpha value is -3.82. The molecule has 0 aliphatic carbocycles. The molecule has 1 aromatic carbocycles. The maximum absolute atomic E-state index is 13.6. The predicted molar refractivity (Wildman–Crippen MR) is 98.8 cm³/mol. The third-order valence-corrected chi connectivity index (χ3v) is 4.32. The number of rotatable bonds is 4. The van der Waals surface area contributed by atoms with Crippen LogP contribution in [-0.2, 0) is 12.7 Å². The zero-order valence-corrected chi connectivity index (χ0v) is 15.2. The van der Waals surface area contributed by atoms with Crippen LogP contribution in [0.25, 0.3) is 16.9 Å². The summed E-state index contributed by atoms with van der Waals surface area (Å²) in [5, 5.41) is 6.33. The first kappa shape index (κ1) is 19.5. The standard InChI is InChI=1S/C20H13F4N5O/c21-14-5-3-13(4-6-14)16-8-17(20(22,23)24)29-18(28-16)15(11-27-29)19(30)26-10-12-2-1-7-25-9-12/h1-9,11H,10H2,(H,26,30). The number of benzene rings is 1. The lowest BCUT2D eigenvalue weighted by atomic mass is 10.1. The molecule has 4 rings (SSSR count). The van der Waals surface area contributed by atoms with Crippen LogP contribution in [0, 0.1) is 5.82 Å². The highest BCUT2D eigenvalue weighted by molar-refractivity contribution is 5.99. The van der Waals surface area contributed by atoms with Crippen molar-refractivity contribution >= 4 is 11.6 Å². The fourth-order valence-electron chi connectivity index (χ4n) is 2.87. The van der Waals surface area contributed by atoms with Crippen molar-refractivity contribution in [1.82, 2.24) is 24.9 Å². The second-order valence-corrected chi connectivity index (χ2v) is 6.37. The number of fused-ring (bicyclic) bond motifs is 1. The van der Waals surface area contributed by atoms with Gasteiger partial charge in [-0.3, -0.25) is 9.78 Å². The summed E-state index contributed by atoms with van der Waals surface area (Å²) in [6.45, 7) is 0.133. The van der Waals surface area contributed by atoms with Crippen LogP contribution in [-0.4, -0.2) is 25.5 Å². The number of alkyl halides is 3. The Morgan fingerprint density at radius 1 is 1.10 bits per heavy atom. The van der Waals surface area contributed by atoms with Gasteiger partial charge in [0.1, 0.15) is 11.4 Å². The van der Waals surface area contributed by atoms with Crippen molar-refractivity contribution in [3.63, 3.8) is 0 Å². The molecule has 3 heterocycles. The van der Waals surface area contributed by atoms with Gasteiger partial charge in [0, 0.05) is 24.5 Å². The van der Waals surface area contributed by atoms with Crippen LogP contribution in [0.3, 0.4) is 0 Å². The molecule has 0 aliphatic heterocycles. The van der Waals surface area contributed by atoms with Gasteiger partial charge in [-0.15, -0.1) is 0 Å². The molecule has 0 aliphatic rings. The van der Waals surface area contributed by atoms with E-state index in [1.54, 1.807) is 24.5 Å². The molecule has 1 N–H and O–H groups in total. The van der Waals surface area contributed by atoms with E-state index in [4.69, 9.17) is 0 Å². The minimum absolute atomic E-state index is 0.0587. The molecule has 4 aromatic rings. The van der Waals surface area contributed by atoms with Gasteiger partial charge in [-0.05, 0) is 42.0 Å². The number of halogens is 4. The topological polar surface area (TPSA) is 72.2 Å². The Morgan fingerprint density at radius 2 is 1.87 bits per heavy atom. The number of nitrogens with zero attached hydrogens (tertiary/aromatic N) is 4. The summed E-state index contributed by atoms with van der Waals surface area (Å²) in [4.78, 5) is 20.7. The van der Waals surface area contributed by atoms with Gasteiger partial charge in [0.25, 0.3) is 5.91 Å². The summed E-state index contributed by atoms with van der Waals surface area (Å²) >= 11 is 0. The van der Waals surface area contributed by atoms with Gasteiger partial charge in [0.15, 0.2) is 11.3 Å². The number of aromatic nitrogens is 4. The van der Waals surface area contributed by atoms with Crippen molar-refractivity contribution in [2.24, 2.45) is 0 Å². The Bertz CT molecular complexity index is 1200. The van der Waals surface area contributed by atoms with Crippen LogP contribution in [0.15, 0.2) is 61.1 Å². The monoisotopic (exact) mass is 415 g/mol. The lowest BCUT2D eigenvalue weighted by Crippen LogP contribution is -2.23. The highest BCUT2D eigenvalue weighted by atomic mass is 19.4. The number of carbonyl (C=O) groups is 1. The second-order valence-electron chi connectivity index (χ2n) is 6.37. The fraction of sp³-hybridized carbons (Fsp3) is 0.100. The van der Waals surface area contributed by atoms with E-state index in [0.29, 0.717) is 4.52 Å². The first-order valence-corrected chi connectivity index (χ1v) is 8.72. The zero-order valence-electron chi connectivity index (χ0n) is 15.2. The molecule has 0 saturated heterocycles. The van der Waals surface area contributed by atoms with Gasteiger partial charge in [-0.2, -0.15) is 18.3 Å². The molecule has 0 atom stereocenters. The molecule has 0 spiro atoms. The van der Waals surface area contributed by atoms with Gasteiger partial charge in [0.2, 0.25) is 0 Å². The van der Waals surface area contributed by atoms with Crippen LogP contribution >= 0.6 is 0 Å². The summed E-state index contributed by atoms with van der Waals surface area (Å²) in [6, 6.07) is 9.11. The smallest absolute Gasteiger partial charge is 0.348 e. The molecule has 0 unspecified atom stereocenters. The van der Waals surface area contributed by atoms with Crippen molar-refractivity contribution in [3.8, 4) is 11.3 Å². The van der Waals surface area contributed by atoms with E-state index in [0.717, 1.165) is 30.0 Å². The van der Waals surface area contributed by atoms with Crippen LogP contribution < -0.4 is 5.32 Å². The number of pyridine rings is 1. The SMILES string of the molecule is O=C(NCc1cccnc1)c1cnn2c(C(F)(F)F)cc(-c3ccc(F)cc3)nc12. The largest absolute Gasteiger partial charge is 0.433 e. The molecule has 6 nitrogen and oxygen atoms in total. The normalized spacial score (nSPS) is 11.6. The van der Waals surface area contributed by atoms with E-state index in [1.165, 1.54) is 12.1 Å². The molecular formula is C20H13F4N5O. The molecule has 30 heavy (non-hydrogen) atoms. The Labute approximate surface area is 167 Å². The van der Waals surface area contributed by atoms with E-state index in [2.05, 4.69) is 20.4 Å². The third kappa shape index (κ3) is 3.84. The molecule has 1 amide bonds. The molecule has 10 heteroatoms. The number of hydrogen-bond donors (Lipinski definition) is 1. The van der Waals surface area contributed by atoms with Gasteiger partial charge in [-0.1, -0.05) is 6.07 Å². The fourth-order valence-corrected chi connectivity index (χ4v) is 2.87. The highest BCUT2D eigenvalue weighted by Crippen LogP contribution is 2.32. The second kappa shape index (κ2) is 7.54. The third-order valence-electron chi connectivity index (χ3n) is 4.32. The predicted octanol–water partition coefficient (Wildman–Crippen LogP) is 3.88. The lowest BCUT2D eigenvalue weighted by Gasteiger charge is -2.11. The maximum Gasteiger partial charge on any atom is 0.433 e. The van der Waals surface area contributed by atoms with Crippen LogP contribution in [0.2, 0.25) is 0 Å². The molecule has 0 bridgehead atoms. The highest BCUT2D eigenvalue weighted by Gasteiger charge is 2.36. The number of amides is 1. The zero-order chi connectivity index (χ0) is 21.3. The first-order chi connectivity index (χ1) is 14.3. The molecular weight excluding hydrogens is 402 g/mol. The van der Waals surface area contributed by atoms with Gasteiger partial charge in [-0.25, -0.2) is 13.9 Å². The summed E-state index contributed by atoms with van der Waals surface area (Å²) in [5.41, 5.74) is -0.540. The first-order valence-electron chi connectivity index (χ1n) is 8.72. The van der Waals surface area contributed by atoms with Gasteiger partial charge in [0.05, 0.1) is 11.9 Å². The number of hydrogen-bond acceptors (Lipinski definition) is 4. The molecule has 0 radical (unpaired) electrons. The summed E-state index contributed by atoms with van der Waals surface area (Å²) in [5.74, 6) is -1.17. The van der Waals surface area contributed by atoms with Crippen LogP contribution in [0.1, 0.15) is 21.6 Å². The van der Waals surface area contributed by atoms with Crippen LogP contribution in [0.5, 0.6) is 0 Å². The van der Waals surface area contributed by atoms with Crippen molar-refractivity contribution in [1.29, 1.82) is 0 Å². The van der Waals surface area contributed by atoms with E-state index in [9.17, 15) is 22.4 Å². The molecule has 3 aromatic heterocycles. The van der Waals surface area contributed by atoms with Gasteiger partial charge < -0.3 is 5.32 Å². The minimum atomic E-state index is -4.74. The average molecular weight is 415 g/mol.